The molecule has 1 N–H and O–H groups in total. The van der Waals surface area contributed by atoms with Gasteiger partial charge in [-0.2, -0.15) is 0 Å². The average molecular weight is 309 g/mol. The quantitative estimate of drug-likeness (QED) is 0.890. The standard InChI is InChI=1S/C14H13BrOS/c1-10(16)13-8-7-12(9-14(13)15)17-11-5-3-2-4-6-11/h2-10,16H,1H3/t10-/m0/s1. The highest BCUT2D eigenvalue weighted by molar-refractivity contribution is 9.10. The van der Waals surface area contributed by atoms with Crippen molar-refractivity contribution in [3.8, 4) is 0 Å². The van der Waals surface area contributed by atoms with E-state index in [1.807, 2.05) is 36.4 Å². The molecule has 1 atom stereocenters. The Labute approximate surface area is 114 Å². The molecule has 0 heterocycles. The summed E-state index contributed by atoms with van der Waals surface area (Å²) in [4.78, 5) is 2.37. The smallest absolute Gasteiger partial charge is 0.0772 e. The van der Waals surface area contributed by atoms with Crippen molar-refractivity contribution < 1.29 is 5.11 Å². The molecule has 2 aromatic rings. The molecule has 2 aromatic carbocycles. The van der Waals surface area contributed by atoms with Gasteiger partial charge in [-0.25, -0.2) is 0 Å². The summed E-state index contributed by atoms with van der Waals surface area (Å²) in [7, 11) is 0. The molecule has 88 valence electrons. The molecule has 0 saturated heterocycles. The Morgan fingerprint density at radius 1 is 1.06 bits per heavy atom. The minimum absolute atomic E-state index is 0.444. The second-order valence-electron chi connectivity index (χ2n) is 3.77. The largest absolute Gasteiger partial charge is 0.389 e. The van der Waals surface area contributed by atoms with Crippen molar-refractivity contribution in [2.45, 2.75) is 22.8 Å². The minimum Gasteiger partial charge on any atom is -0.389 e. The average Bonchev–Trinajstić information content (AvgIpc) is 2.30. The summed E-state index contributed by atoms with van der Waals surface area (Å²) in [5, 5.41) is 9.55. The molecule has 0 aliphatic rings. The maximum Gasteiger partial charge on any atom is 0.0772 e. The molecule has 0 aromatic heterocycles. The zero-order valence-corrected chi connectivity index (χ0v) is 11.8. The fraction of sp³-hybridized carbons (Fsp3) is 0.143. The van der Waals surface area contributed by atoms with E-state index in [0.717, 1.165) is 14.9 Å². The molecule has 2 rings (SSSR count). The van der Waals surface area contributed by atoms with Crippen molar-refractivity contribution in [3.63, 3.8) is 0 Å². The van der Waals surface area contributed by atoms with Crippen molar-refractivity contribution in [1.29, 1.82) is 0 Å². The van der Waals surface area contributed by atoms with Gasteiger partial charge in [-0.05, 0) is 36.8 Å². The molecule has 0 fully saturated rings. The first kappa shape index (κ1) is 12.7. The molecule has 3 heteroatoms. The van der Waals surface area contributed by atoms with Gasteiger partial charge in [-0.15, -0.1) is 0 Å². The summed E-state index contributed by atoms with van der Waals surface area (Å²) < 4.78 is 0.952. The van der Waals surface area contributed by atoms with Crippen molar-refractivity contribution in [2.24, 2.45) is 0 Å². The molecule has 0 unspecified atom stereocenters. The second-order valence-corrected chi connectivity index (χ2v) is 5.78. The number of halogens is 1. The van der Waals surface area contributed by atoms with Crippen LogP contribution in [0.3, 0.4) is 0 Å². The number of rotatable bonds is 3. The van der Waals surface area contributed by atoms with Crippen LogP contribution in [0.15, 0.2) is 62.8 Å². The molecule has 0 bridgehead atoms. The van der Waals surface area contributed by atoms with E-state index in [1.165, 1.54) is 4.90 Å². The zero-order chi connectivity index (χ0) is 12.3. The second kappa shape index (κ2) is 5.71. The predicted molar refractivity (Wildman–Crippen MR) is 75.3 cm³/mol. The van der Waals surface area contributed by atoms with Crippen LogP contribution in [0.2, 0.25) is 0 Å². The van der Waals surface area contributed by atoms with Gasteiger partial charge in [0.25, 0.3) is 0 Å². The summed E-state index contributed by atoms with van der Waals surface area (Å²) >= 11 is 5.20. The van der Waals surface area contributed by atoms with E-state index >= 15 is 0 Å². The third-order valence-electron chi connectivity index (χ3n) is 2.40. The highest BCUT2D eigenvalue weighted by Gasteiger charge is 2.07. The Hall–Kier alpha value is -0.770. The van der Waals surface area contributed by atoms with Crippen LogP contribution in [0, 0.1) is 0 Å². The van der Waals surface area contributed by atoms with Gasteiger partial charge >= 0.3 is 0 Å². The molecule has 0 radical (unpaired) electrons. The fourth-order valence-electron chi connectivity index (χ4n) is 1.53. The fourth-order valence-corrected chi connectivity index (χ4v) is 3.27. The maximum absolute atomic E-state index is 9.55. The van der Waals surface area contributed by atoms with Crippen LogP contribution in [0.5, 0.6) is 0 Å². The normalized spacial score (nSPS) is 12.4. The van der Waals surface area contributed by atoms with Crippen LogP contribution in [0.1, 0.15) is 18.6 Å². The van der Waals surface area contributed by atoms with Crippen LogP contribution in [-0.4, -0.2) is 5.11 Å². The van der Waals surface area contributed by atoms with Gasteiger partial charge in [0, 0.05) is 14.3 Å². The van der Waals surface area contributed by atoms with E-state index in [0.29, 0.717) is 0 Å². The molecule has 0 saturated carbocycles. The molecule has 0 aliphatic heterocycles. The van der Waals surface area contributed by atoms with E-state index in [4.69, 9.17) is 0 Å². The van der Waals surface area contributed by atoms with Crippen molar-refractivity contribution in [1.82, 2.24) is 0 Å². The number of benzene rings is 2. The first-order valence-electron chi connectivity index (χ1n) is 5.37. The lowest BCUT2D eigenvalue weighted by Gasteiger charge is -2.09. The molecule has 0 amide bonds. The van der Waals surface area contributed by atoms with Crippen molar-refractivity contribution in [3.05, 3.63) is 58.6 Å². The summed E-state index contributed by atoms with van der Waals surface area (Å²) in [6, 6.07) is 16.3. The van der Waals surface area contributed by atoms with Crippen molar-refractivity contribution >= 4 is 27.7 Å². The van der Waals surface area contributed by atoms with Crippen LogP contribution in [0.25, 0.3) is 0 Å². The number of hydrogen-bond acceptors (Lipinski definition) is 2. The Bertz CT molecular complexity index is 497. The monoisotopic (exact) mass is 308 g/mol. The van der Waals surface area contributed by atoms with Crippen LogP contribution < -0.4 is 0 Å². The van der Waals surface area contributed by atoms with Crippen LogP contribution in [0.4, 0.5) is 0 Å². The highest BCUT2D eigenvalue weighted by Crippen LogP contribution is 2.32. The minimum atomic E-state index is -0.444. The van der Waals surface area contributed by atoms with Gasteiger partial charge < -0.3 is 5.11 Å². The SMILES string of the molecule is C[C@H](O)c1ccc(Sc2ccccc2)cc1Br. The highest BCUT2D eigenvalue weighted by atomic mass is 79.9. The lowest BCUT2D eigenvalue weighted by atomic mass is 10.1. The number of hydrogen-bond donors (Lipinski definition) is 1. The number of aliphatic hydroxyl groups excluding tert-OH is 1. The van der Waals surface area contributed by atoms with Crippen LogP contribution in [-0.2, 0) is 0 Å². The van der Waals surface area contributed by atoms with Gasteiger partial charge in [-0.1, -0.05) is 52.0 Å². The predicted octanol–water partition coefficient (Wildman–Crippen LogP) is 4.65. The zero-order valence-electron chi connectivity index (χ0n) is 9.43. The van der Waals surface area contributed by atoms with Gasteiger partial charge in [0.1, 0.15) is 0 Å². The van der Waals surface area contributed by atoms with Gasteiger partial charge in [0.2, 0.25) is 0 Å². The van der Waals surface area contributed by atoms with Gasteiger partial charge in [0.05, 0.1) is 6.10 Å². The van der Waals surface area contributed by atoms with Crippen LogP contribution >= 0.6 is 27.7 Å². The summed E-state index contributed by atoms with van der Waals surface area (Å²) in [6.45, 7) is 1.77. The molecular formula is C14H13BrOS. The first-order chi connectivity index (χ1) is 8.16. The Balaban J connectivity index is 2.21. The Morgan fingerprint density at radius 2 is 1.76 bits per heavy atom. The van der Waals surface area contributed by atoms with Gasteiger partial charge in [-0.3, -0.25) is 0 Å². The Kier molecular flexibility index (Phi) is 4.26. The third-order valence-corrected chi connectivity index (χ3v) is 4.09. The van der Waals surface area contributed by atoms with E-state index in [9.17, 15) is 5.11 Å². The summed E-state index contributed by atoms with van der Waals surface area (Å²) in [5.74, 6) is 0. The molecular weight excluding hydrogens is 296 g/mol. The molecule has 1 nitrogen and oxygen atoms in total. The van der Waals surface area contributed by atoms with Crippen molar-refractivity contribution in [2.75, 3.05) is 0 Å². The van der Waals surface area contributed by atoms with E-state index in [2.05, 4.69) is 28.1 Å². The maximum atomic E-state index is 9.55. The van der Waals surface area contributed by atoms with E-state index in [1.54, 1.807) is 18.7 Å². The third kappa shape index (κ3) is 3.35. The molecule has 0 spiro atoms. The molecule has 17 heavy (non-hydrogen) atoms. The van der Waals surface area contributed by atoms with E-state index in [-0.39, 0.29) is 0 Å². The summed E-state index contributed by atoms with van der Waals surface area (Å²) in [6.07, 6.45) is -0.444. The van der Waals surface area contributed by atoms with Gasteiger partial charge in [0.15, 0.2) is 0 Å². The van der Waals surface area contributed by atoms with E-state index < -0.39 is 6.10 Å². The Morgan fingerprint density at radius 3 is 2.35 bits per heavy atom. The number of aliphatic hydroxyl groups is 1. The lowest BCUT2D eigenvalue weighted by Crippen LogP contribution is -1.92. The molecule has 0 aliphatic carbocycles. The first-order valence-corrected chi connectivity index (χ1v) is 6.98. The topological polar surface area (TPSA) is 20.2 Å². The summed E-state index contributed by atoms with van der Waals surface area (Å²) in [5.41, 5.74) is 0.919. The lowest BCUT2D eigenvalue weighted by molar-refractivity contribution is 0.198.